The van der Waals surface area contributed by atoms with Gasteiger partial charge in [-0.3, -0.25) is 4.90 Å². The van der Waals surface area contributed by atoms with Crippen LogP contribution in [0.3, 0.4) is 0 Å². The summed E-state index contributed by atoms with van der Waals surface area (Å²) in [4.78, 5) is 2.52. The summed E-state index contributed by atoms with van der Waals surface area (Å²) >= 11 is 6.12. The van der Waals surface area contributed by atoms with Crippen molar-refractivity contribution in [3.8, 4) is 0 Å². The SMILES string of the molecule is CCN(CCCc1ccc(C2CC2Cl)cc1)Cc1ccccc1. The number of nitrogens with zero attached hydrogens (tertiary/aromatic N) is 1. The highest BCUT2D eigenvalue weighted by atomic mass is 35.5. The summed E-state index contributed by atoms with van der Waals surface area (Å²) in [6, 6.07) is 19.8. The van der Waals surface area contributed by atoms with Gasteiger partial charge in [0.25, 0.3) is 0 Å². The van der Waals surface area contributed by atoms with Crippen molar-refractivity contribution in [2.75, 3.05) is 13.1 Å². The molecule has 2 atom stereocenters. The lowest BCUT2D eigenvalue weighted by molar-refractivity contribution is 0.276. The summed E-state index contributed by atoms with van der Waals surface area (Å²) in [5.74, 6) is 0.604. The minimum absolute atomic E-state index is 0.372. The van der Waals surface area contributed by atoms with E-state index in [9.17, 15) is 0 Å². The molecule has 1 nitrogen and oxygen atoms in total. The van der Waals surface area contributed by atoms with Crippen LogP contribution in [0.5, 0.6) is 0 Å². The standard InChI is InChI=1S/C21H26ClN/c1-2-23(16-18-7-4-3-5-8-18)14-6-9-17-10-12-19(13-11-17)20-15-21(20)22/h3-5,7-8,10-13,20-21H,2,6,9,14-16H2,1H3. The van der Waals surface area contributed by atoms with E-state index >= 15 is 0 Å². The Morgan fingerprint density at radius 3 is 2.30 bits per heavy atom. The van der Waals surface area contributed by atoms with Crippen molar-refractivity contribution in [2.24, 2.45) is 0 Å². The summed E-state index contributed by atoms with van der Waals surface area (Å²) in [5.41, 5.74) is 4.25. The first-order chi connectivity index (χ1) is 11.3. The van der Waals surface area contributed by atoms with Gasteiger partial charge in [0, 0.05) is 17.8 Å². The molecule has 0 bridgehead atoms. The van der Waals surface area contributed by atoms with Gasteiger partial charge in [0.05, 0.1) is 0 Å². The van der Waals surface area contributed by atoms with E-state index in [1.54, 1.807) is 0 Å². The van der Waals surface area contributed by atoms with Crippen molar-refractivity contribution < 1.29 is 0 Å². The van der Waals surface area contributed by atoms with E-state index in [1.165, 1.54) is 23.1 Å². The van der Waals surface area contributed by atoms with Gasteiger partial charge in [-0.05, 0) is 49.0 Å². The van der Waals surface area contributed by atoms with Crippen molar-refractivity contribution >= 4 is 11.6 Å². The van der Waals surface area contributed by atoms with Gasteiger partial charge in [-0.25, -0.2) is 0 Å². The van der Waals surface area contributed by atoms with Crippen LogP contribution in [0.2, 0.25) is 0 Å². The zero-order valence-corrected chi connectivity index (χ0v) is 14.7. The van der Waals surface area contributed by atoms with Crippen LogP contribution < -0.4 is 0 Å². The highest BCUT2D eigenvalue weighted by Gasteiger charge is 2.36. The number of benzene rings is 2. The molecule has 0 aromatic heterocycles. The fourth-order valence-electron chi connectivity index (χ4n) is 3.14. The van der Waals surface area contributed by atoms with Crippen LogP contribution in [0.15, 0.2) is 54.6 Å². The van der Waals surface area contributed by atoms with Crippen LogP contribution in [0, 0.1) is 0 Å². The van der Waals surface area contributed by atoms with Crippen LogP contribution in [-0.4, -0.2) is 23.4 Å². The summed E-state index contributed by atoms with van der Waals surface area (Å²) in [6.45, 7) is 5.55. The minimum atomic E-state index is 0.372. The maximum Gasteiger partial charge on any atom is 0.0411 e. The summed E-state index contributed by atoms with van der Waals surface area (Å²) in [7, 11) is 0. The van der Waals surface area contributed by atoms with Crippen molar-refractivity contribution in [1.82, 2.24) is 4.90 Å². The van der Waals surface area contributed by atoms with Crippen LogP contribution >= 0.6 is 11.6 Å². The molecule has 1 aliphatic rings. The highest BCUT2D eigenvalue weighted by molar-refractivity contribution is 6.23. The molecule has 2 aromatic carbocycles. The van der Waals surface area contributed by atoms with Crippen molar-refractivity contribution in [1.29, 1.82) is 0 Å². The zero-order chi connectivity index (χ0) is 16.1. The molecule has 3 rings (SSSR count). The Hall–Kier alpha value is -1.31. The number of rotatable bonds is 8. The van der Waals surface area contributed by atoms with Gasteiger partial charge < -0.3 is 0 Å². The fourth-order valence-corrected chi connectivity index (χ4v) is 3.48. The topological polar surface area (TPSA) is 3.24 Å². The first-order valence-corrected chi connectivity index (χ1v) is 9.19. The van der Waals surface area contributed by atoms with Crippen molar-refractivity contribution in [3.05, 3.63) is 71.3 Å². The van der Waals surface area contributed by atoms with E-state index in [0.29, 0.717) is 11.3 Å². The Kier molecular flexibility index (Phi) is 5.75. The second-order valence-electron chi connectivity index (χ2n) is 6.56. The van der Waals surface area contributed by atoms with Gasteiger partial charge in [-0.1, -0.05) is 61.5 Å². The van der Waals surface area contributed by atoms with Gasteiger partial charge in [0.2, 0.25) is 0 Å². The molecule has 2 unspecified atom stereocenters. The number of hydrogen-bond donors (Lipinski definition) is 0. The third-order valence-electron chi connectivity index (χ3n) is 4.76. The normalized spacial score (nSPS) is 20.0. The monoisotopic (exact) mass is 327 g/mol. The average molecular weight is 328 g/mol. The Balaban J connectivity index is 1.44. The fraction of sp³-hybridized carbons (Fsp3) is 0.429. The Bertz CT molecular complexity index is 593. The molecule has 1 fully saturated rings. The molecule has 0 spiro atoms. The molecule has 2 aromatic rings. The third-order valence-corrected chi connectivity index (χ3v) is 5.24. The van der Waals surface area contributed by atoms with E-state index in [0.717, 1.165) is 32.5 Å². The number of hydrogen-bond acceptors (Lipinski definition) is 1. The maximum atomic E-state index is 6.12. The van der Waals surface area contributed by atoms with Crippen LogP contribution in [0.4, 0.5) is 0 Å². The highest BCUT2D eigenvalue weighted by Crippen LogP contribution is 2.45. The first-order valence-electron chi connectivity index (χ1n) is 8.75. The predicted octanol–water partition coefficient (Wildman–Crippen LogP) is 5.24. The Morgan fingerprint density at radius 1 is 1.00 bits per heavy atom. The molecular weight excluding hydrogens is 302 g/mol. The number of alkyl halides is 1. The molecule has 0 N–H and O–H groups in total. The minimum Gasteiger partial charge on any atom is -0.299 e. The van der Waals surface area contributed by atoms with Gasteiger partial charge in [0.15, 0.2) is 0 Å². The summed E-state index contributed by atoms with van der Waals surface area (Å²) < 4.78 is 0. The molecule has 0 aliphatic heterocycles. The van der Waals surface area contributed by atoms with Crippen LogP contribution in [0.1, 0.15) is 42.4 Å². The molecule has 0 radical (unpaired) electrons. The second-order valence-corrected chi connectivity index (χ2v) is 7.12. The molecule has 23 heavy (non-hydrogen) atoms. The molecular formula is C21H26ClN. The molecule has 122 valence electrons. The van der Waals surface area contributed by atoms with Gasteiger partial charge >= 0.3 is 0 Å². The quantitative estimate of drug-likeness (QED) is 0.600. The molecule has 2 heteroatoms. The lowest BCUT2D eigenvalue weighted by Crippen LogP contribution is -2.24. The number of aryl methyl sites for hydroxylation is 1. The van der Waals surface area contributed by atoms with Gasteiger partial charge in [-0.15, -0.1) is 11.6 Å². The first kappa shape index (κ1) is 16.5. The molecule has 0 saturated heterocycles. The van der Waals surface area contributed by atoms with E-state index in [-0.39, 0.29) is 0 Å². The third kappa shape index (κ3) is 4.83. The second kappa shape index (κ2) is 7.99. The van der Waals surface area contributed by atoms with Gasteiger partial charge in [-0.2, -0.15) is 0 Å². The number of halogens is 1. The summed E-state index contributed by atoms with van der Waals surface area (Å²) in [5, 5.41) is 0.372. The maximum absolute atomic E-state index is 6.12. The van der Waals surface area contributed by atoms with E-state index in [1.807, 2.05) is 0 Å². The van der Waals surface area contributed by atoms with E-state index in [2.05, 4.69) is 66.4 Å². The molecule has 1 aliphatic carbocycles. The largest absolute Gasteiger partial charge is 0.299 e. The molecule has 0 amide bonds. The van der Waals surface area contributed by atoms with E-state index < -0.39 is 0 Å². The van der Waals surface area contributed by atoms with E-state index in [4.69, 9.17) is 11.6 Å². The Labute approximate surface area is 145 Å². The lowest BCUT2D eigenvalue weighted by atomic mass is 10.0. The lowest BCUT2D eigenvalue weighted by Gasteiger charge is -2.20. The Morgan fingerprint density at radius 2 is 1.70 bits per heavy atom. The molecule has 1 saturated carbocycles. The van der Waals surface area contributed by atoms with Gasteiger partial charge in [0.1, 0.15) is 0 Å². The smallest absolute Gasteiger partial charge is 0.0411 e. The predicted molar refractivity (Wildman–Crippen MR) is 99.2 cm³/mol. The molecule has 0 heterocycles. The zero-order valence-electron chi connectivity index (χ0n) is 13.9. The van der Waals surface area contributed by atoms with Crippen LogP contribution in [0.25, 0.3) is 0 Å². The average Bonchev–Trinajstić information content (AvgIpc) is 3.32. The van der Waals surface area contributed by atoms with Crippen molar-refractivity contribution in [3.63, 3.8) is 0 Å². The van der Waals surface area contributed by atoms with Crippen molar-refractivity contribution in [2.45, 2.75) is 44.0 Å². The summed E-state index contributed by atoms with van der Waals surface area (Å²) in [6.07, 6.45) is 3.51. The van der Waals surface area contributed by atoms with Crippen LogP contribution in [-0.2, 0) is 13.0 Å².